The Kier molecular flexibility index (Phi) is 7.60. The summed E-state index contributed by atoms with van der Waals surface area (Å²) >= 11 is 0. The van der Waals surface area contributed by atoms with E-state index in [-0.39, 0.29) is 12.5 Å². The third-order valence-corrected chi connectivity index (χ3v) is 3.59. The topological polar surface area (TPSA) is 86.6 Å². The number of hydrogen-bond acceptors (Lipinski definition) is 3. The van der Waals surface area contributed by atoms with Crippen molar-refractivity contribution in [2.75, 3.05) is 6.54 Å². The minimum Gasteiger partial charge on any atom is -0.481 e. The van der Waals surface area contributed by atoms with Gasteiger partial charge in [-0.15, -0.1) is 0 Å². The van der Waals surface area contributed by atoms with Crippen LogP contribution in [0.15, 0.2) is 30.3 Å². The smallest absolute Gasteiger partial charge is 0.320 e. The van der Waals surface area contributed by atoms with Crippen LogP contribution < -0.4 is 5.32 Å². The van der Waals surface area contributed by atoms with Gasteiger partial charge in [-0.05, 0) is 30.7 Å². The average molecular weight is 307 g/mol. The molecular weight excluding hydrogens is 282 g/mol. The maximum Gasteiger partial charge on any atom is 0.320 e. The third kappa shape index (κ3) is 6.72. The Labute approximate surface area is 131 Å². The normalized spacial score (nSPS) is 13.8. The molecule has 0 aliphatic heterocycles. The second kappa shape index (κ2) is 9.20. The molecule has 0 aliphatic carbocycles. The molecular formula is C17H25NO4. The summed E-state index contributed by atoms with van der Waals surface area (Å²) in [7, 11) is 0. The molecule has 0 bridgehead atoms. The number of carboxylic acid groups (broad SMARTS) is 2. The molecule has 3 N–H and O–H groups in total. The number of rotatable bonds is 10. The van der Waals surface area contributed by atoms with Crippen molar-refractivity contribution in [2.24, 2.45) is 11.8 Å². The fourth-order valence-corrected chi connectivity index (χ4v) is 2.33. The minimum atomic E-state index is -0.930. The van der Waals surface area contributed by atoms with Crippen LogP contribution in [0, 0.1) is 11.8 Å². The third-order valence-electron chi connectivity index (χ3n) is 3.59. The second-order valence-electron chi connectivity index (χ2n) is 5.99. The van der Waals surface area contributed by atoms with Crippen LogP contribution >= 0.6 is 0 Å². The fraction of sp³-hybridized carbons (Fsp3) is 0.529. The number of nitrogens with one attached hydrogen (secondary N) is 1. The lowest BCUT2D eigenvalue weighted by Crippen LogP contribution is -2.42. The largest absolute Gasteiger partial charge is 0.481 e. The van der Waals surface area contributed by atoms with Crippen LogP contribution in [0.3, 0.4) is 0 Å². The molecule has 2 unspecified atom stereocenters. The highest BCUT2D eigenvalue weighted by Crippen LogP contribution is 2.11. The number of aryl methyl sites for hydroxylation is 1. The van der Waals surface area contributed by atoms with Crippen LogP contribution in [0.5, 0.6) is 0 Å². The van der Waals surface area contributed by atoms with Gasteiger partial charge in [-0.1, -0.05) is 44.2 Å². The lowest BCUT2D eigenvalue weighted by Gasteiger charge is -2.19. The van der Waals surface area contributed by atoms with Gasteiger partial charge in [0, 0.05) is 6.54 Å². The maximum absolute atomic E-state index is 11.3. The molecule has 1 rings (SSSR count). The van der Waals surface area contributed by atoms with E-state index >= 15 is 0 Å². The van der Waals surface area contributed by atoms with Gasteiger partial charge >= 0.3 is 11.9 Å². The van der Waals surface area contributed by atoms with Crippen molar-refractivity contribution in [3.63, 3.8) is 0 Å². The number of carbonyl (C=O) groups is 2. The summed E-state index contributed by atoms with van der Waals surface area (Å²) in [4.78, 5) is 22.5. The summed E-state index contributed by atoms with van der Waals surface area (Å²) in [5, 5.41) is 21.4. The summed E-state index contributed by atoms with van der Waals surface area (Å²) in [6.07, 6.45) is 1.64. The predicted octanol–water partition coefficient (Wildman–Crippen LogP) is 2.41. The molecule has 0 amide bonds. The highest BCUT2D eigenvalue weighted by molar-refractivity contribution is 5.74. The van der Waals surface area contributed by atoms with E-state index in [9.17, 15) is 19.8 Å². The van der Waals surface area contributed by atoms with Gasteiger partial charge in [-0.3, -0.25) is 9.59 Å². The predicted molar refractivity (Wildman–Crippen MR) is 84.8 cm³/mol. The summed E-state index contributed by atoms with van der Waals surface area (Å²) in [6.45, 7) is 4.06. The van der Waals surface area contributed by atoms with E-state index in [1.807, 2.05) is 44.2 Å². The molecule has 0 saturated heterocycles. The van der Waals surface area contributed by atoms with Crippen molar-refractivity contribution >= 4 is 11.9 Å². The molecule has 1 aromatic carbocycles. The highest BCUT2D eigenvalue weighted by Gasteiger charge is 2.23. The monoisotopic (exact) mass is 307 g/mol. The zero-order chi connectivity index (χ0) is 16.5. The molecule has 0 fully saturated rings. The van der Waals surface area contributed by atoms with Crippen molar-refractivity contribution in [1.82, 2.24) is 5.32 Å². The van der Waals surface area contributed by atoms with Crippen molar-refractivity contribution in [3.8, 4) is 0 Å². The van der Waals surface area contributed by atoms with Crippen molar-refractivity contribution in [1.29, 1.82) is 0 Å². The summed E-state index contributed by atoms with van der Waals surface area (Å²) < 4.78 is 0. The van der Waals surface area contributed by atoms with Crippen molar-refractivity contribution < 1.29 is 19.8 Å². The maximum atomic E-state index is 11.3. The van der Waals surface area contributed by atoms with E-state index in [0.717, 1.165) is 5.56 Å². The summed E-state index contributed by atoms with van der Waals surface area (Å²) in [5.41, 5.74) is 1.09. The molecule has 2 atom stereocenters. The van der Waals surface area contributed by atoms with Crippen LogP contribution in [0.1, 0.15) is 32.3 Å². The van der Waals surface area contributed by atoms with Gasteiger partial charge in [0.2, 0.25) is 0 Å². The lowest BCUT2D eigenvalue weighted by molar-refractivity contribution is -0.143. The van der Waals surface area contributed by atoms with E-state index in [1.54, 1.807) is 0 Å². The zero-order valence-corrected chi connectivity index (χ0v) is 13.2. The first-order valence-electron chi connectivity index (χ1n) is 7.63. The molecule has 122 valence electrons. The minimum absolute atomic E-state index is 0.172. The fourth-order valence-electron chi connectivity index (χ4n) is 2.33. The van der Waals surface area contributed by atoms with Crippen LogP contribution in [-0.4, -0.2) is 34.7 Å². The Morgan fingerprint density at radius 2 is 1.73 bits per heavy atom. The van der Waals surface area contributed by atoms with Gasteiger partial charge in [-0.2, -0.15) is 0 Å². The molecule has 0 heterocycles. The number of aliphatic carboxylic acids is 2. The van der Waals surface area contributed by atoms with E-state index in [1.165, 1.54) is 0 Å². The Balaban J connectivity index is 2.53. The molecule has 5 nitrogen and oxygen atoms in total. The second-order valence-corrected chi connectivity index (χ2v) is 5.99. The highest BCUT2D eigenvalue weighted by atomic mass is 16.4. The van der Waals surface area contributed by atoms with Gasteiger partial charge in [0.25, 0.3) is 0 Å². The Morgan fingerprint density at radius 1 is 1.09 bits per heavy atom. The molecule has 0 radical (unpaired) electrons. The number of benzene rings is 1. The summed E-state index contributed by atoms with van der Waals surface area (Å²) in [6, 6.07) is 9.00. The number of hydrogen-bond donors (Lipinski definition) is 3. The first-order chi connectivity index (χ1) is 10.4. The van der Waals surface area contributed by atoms with E-state index in [4.69, 9.17) is 0 Å². The molecule has 0 aromatic heterocycles. The zero-order valence-electron chi connectivity index (χ0n) is 13.2. The molecule has 0 spiro atoms. The lowest BCUT2D eigenvalue weighted by atomic mass is 9.98. The van der Waals surface area contributed by atoms with Crippen molar-refractivity contribution in [2.45, 2.75) is 39.2 Å². The molecule has 1 aromatic rings. The van der Waals surface area contributed by atoms with E-state index < -0.39 is 23.9 Å². The average Bonchev–Trinajstić information content (AvgIpc) is 2.46. The quantitative estimate of drug-likeness (QED) is 0.618. The van der Waals surface area contributed by atoms with Crippen LogP contribution in [-0.2, 0) is 16.0 Å². The molecule has 0 aliphatic rings. The van der Waals surface area contributed by atoms with E-state index in [0.29, 0.717) is 19.3 Å². The van der Waals surface area contributed by atoms with Crippen LogP contribution in [0.2, 0.25) is 0 Å². The van der Waals surface area contributed by atoms with Crippen molar-refractivity contribution in [3.05, 3.63) is 35.9 Å². The molecule has 0 saturated carbocycles. The van der Waals surface area contributed by atoms with Gasteiger partial charge in [0.05, 0.1) is 5.92 Å². The van der Waals surface area contributed by atoms with Gasteiger partial charge in [-0.25, -0.2) is 0 Å². The first kappa shape index (κ1) is 18.2. The molecule has 5 heteroatoms. The first-order valence-corrected chi connectivity index (χ1v) is 7.63. The van der Waals surface area contributed by atoms with E-state index in [2.05, 4.69) is 5.32 Å². The standard InChI is InChI=1S/C17H25NO4/c1-12(2)10-15(17(21)22)18-11-14(16(19)20)9-8-13-6-4-3-5-7-13/h3-7,12,14-15,18H,8-11H2,1-2H3,(H,19,20)(H,21,22). The SMILES string of the molecule is CC(C)CC(NCC(CCc1ccccc1)C(=O)O)C(=O)O. The Morgan fingerprint density at radius 3 is 2.23 bits per heavy atom. The Bertz CT molecular complexity index is 473. The van der Waals surface area contributed by atoms with Gasteiger partial charge < -0.3 is 15.5 Å². The number of carboxylic acids is 2. The van der Waals surface area contributed by atoms with Gasteiger partial charge in [0.15, 0.2) is 0 Å². The van der Waals surface area contributed by atoms with Crippen LogP contribution in [0.25, 0.3) is 0 Å². The van der Waals surface area contributed by atoms with Crippen LogP contribution in [0.4, 0.5) is 0 Å². The van der Waals surface area contributed by atoms with Gasteiger partial charge in [0.1, 0.15) is 6.04 Å². The molecule has 22 heavy (non-hydrogen) atoms. The Hall–Kier alpha value is -1.88. The summed E-state index contributed by atoms with van der Waals surface area (Å²) in [5.74, 6) is -2.17.